The molecule has 4 aromatic rings. The van der Waals surface area contributed by atoms with Crippen LogP contribution in [0.3, 0.4) is 0 Å². The maximum Gasteiger partial charge on any atom is 0.374 e. The third-order valence-corrected chi connectivity index (χ3v) is 11.9. The molecule has 0 bridgehead atoms. The van der Waals surface area contributed by atoms with E-state index in [0.717, 1.165) is 37.0 Å². The summed E-state index contributed by atoms with van der Waals surface area (Å²) in [5.74, 6) is 1.50. The van der Waals surface area contributed by atoms with Crippen molar-refractivity contribution in [1.29, 1.82) is 0 Å². The fourth-order valence-electron chi connectivity index (χ4n) is 5.52. The van der Waals surface area contributed by atoms with E-state index < -0.39 is 30.1 Å². The molecule has 0 amide bonds. The van der Waals surface area contributed by atoms with Gasteiger partial charge in [0.05, 0.1) is 32.2 Å². The number of rotatable bonds is 23. The van der Waals surface area contributed by atoms with E-state index in [9.17, 15) is 58.5 Å². The number of esters is 1. The summed E-state index contributed by atoms with van der Waals surface area (Å²) in [6, 6.07) is 14.4. The number of aliphatic hydroxyl groups excluding tert-OH is 3. The summed E-state index contributed by atoms with van der Waals surface area (Å²) >= 11 is 0. The Morgan fingerprint density at radius 3 is 1.24 bits per heavy atom. The second-order valence-electron chi connectivity index (χ2n) is 18.7. The Kier molecular flexibility index (Phi) is 48.1. The van der Waals surface area contributed by atoms with Gasteiger partial charge in [0.15, 0.2) is 28.9 Å². The summed E-state index contributed by atoms with van der Waals surface area (Å²) in [6.45, 7) is 30.2. The number of carbonyl (C=O) groups is 9. The number of hydrogen-bond donors (Lipinski definition) is 3. The largest absolute Gasteiger partial charge is 0.467 e. The third-order valence-electron chi connectivity index (χ3n) is 11.9. The number of ketones is 8. The first kappa shape index (κ1) is 79.8. The fourth-order valence-corrected chi connectivity index (χ4v) is 5.52. The Balaban J connectivity index is -0.000000414. The number of carbonyl (C=O) groups excluding carboxylic acids is 9. The molecule has 0 fully saturated rings. The van der Waals surface area contributed by atoms with Crippen LogP contribution >= 0.6 is 0 Å². The molecule has 3 N–H and O–H groups in total. The second kappa shape index (κ2) is 48.2. The molecule has 4 heterocycles. The first-order valence-corrected chi connectivity index (χ1v) is 27.3. The minimum atomic E-state index is -0.757. The monoisotopic (exact) mass is 1120 g/mol. The van der Waals surface area contributed by atoms with Crippen molar-refractivity contribution in [1.82, 2.24) is 0 Å². The average molecular weight is 1130 g/mol. The van der Waals surface area contributed by atoms with E-state index in [2.05, 4.69) is 18.6 Å². The van der Waals surface area contributed by atoms with Crippen molar-refractivity contribution in [2.45, 2.75) is 194 Å². The topological polar surface area (TPSA) is 276 Å². The molecule has 4 aromatic heterocycles. The summed E-state index contributed by atoms with van der Waals surface area (Å²) in [4.78, 5) is 95.1. The van der Waals surface area contributed by atoms with Crippen molar-refractivity contribution in [3.05, 3.63) is 114 Å². The third kappa shape index (κ3) is 38.8. The van der Waals surface area contributed by atoms with Crippen molar-refractivity contribution < 1.29 is 80.9 Å². The number of unbranched alkanes of at least 4 members (excludes halogenated alkanes) is 1. The van der Waals surface area contributed by atoms with Gasteiger partial charge in [-0.25, -0.2) is 4.79 Å². The lowest BCUT2D eigenvalue weighted by atomic mass is 9.90. The van der Waals surface area contributed by atoms with Gasteiger partial charge in [0, 0.05) is 43.9 Å². The molecule has 17 heteroatoms. The molecule has 6 unspecified atom stereocenters. The molecular formula is C63H96O17. The predicted molar refractivity (Wildman–Crippen MR) is 310 cm³/mol. The first-order chi connectivity index (χ1) is 37.5. The lowest BCUT2D eigenvalue weighted by Crippen LogP contribution is -2.21. The van der Waals surface area contributed by atoms with Crippen LogP contribution in [-0.4, -0.2) is 74.7 Å². The van der Waals surface area contributed by atoms with Crippen LogP contribution < -0.4 is 0 Å². The van der Waals surface area contributed by atoms with Crippen molar-refractivity contribution in [3.63, 3.8) is 0 Å². The van der Waals surface area contributed by atoms with Crippen LogP contribution in [0.15, 0.2) is 108 Å². The van der Waals surface area contributed by atoms with Crippen LogP contribution in [0.4, 0.5) is 0 Å². The van der Waals surface area contributed by atoms with E-state index in [0.29, 0.717) is 48.5 Å². The highest BCUT2D eigenvalue weighted by Gasteiger charge is 2.20. The first-order valence-electron chi connectivity index (χ1n) is 27.3. The molecule has 4 rings (SSSR count). The highest BCUT2D eigenvalue weighted by atomic mass is 16.5. The number of furan rings is 4. The Bertz CT molecular complexity index is 2270. The Hall–Kier alpha value is -6.69. The lowest BCUT2D eigenvalue weighted by Gasteiger charge is -2.13. The van der Waals surface area contributed by atoms with Gasteiger partial charge in [-0.3, -0.25) is 38.4 Å². The average Bonchev–Trinajstić information content (AvgIpc) is 4.34. The molecule has 80 heavy (non-hydrogen) atoms. The molecule has 17 nitrogen and oxygen atoms in total. The zero-order valence-electron chi connectivity index (χ0n) is 51.0. The molecule has 0 saturated heterocycles. The number of methoxy groups -OCH3 is 1. The number of aliphatic hydroxyl groups is 3. The van der Waals surface area contributed by atoms with Gasteiger partial charge < -0.3 is 37.7 Å². The van der Waals surface area contributed by atoms with Crippen LogP contribution in [0, 0.1) is 23.7 Å². The summed E-state index contributed by atoms with van der Waals surface area (Å²) in [7, 11) is 1.19. The number of allylic oxidation sites excluding steroid dienone is 3. The summed E-state index contributed by atoms with van der Waals surface area (Å²) in [5, 5.41) is 28.4. The van der Waals surface area contributed by atoms with Crippen LogP contribution in [0.2, 0.25) is 0 Å². The van der Waals surface area contributed by atoms with Crippen molar-refractivity contribution in [3.8, 4) is 0 Å². The van der Waals surface area contributed by atoms with E-state index in [1.165, 1.54) is 34.0 Å². The standard InChI is InChI=1S/C10H12O2.2C9H14O2.C8H12O2.C8H14O2.C8H12O2.C6H10O2.C5H8O3/c1-3-10(11)8(2)7-9-5-4-6-12-9;1-3-7(2)9(10)8-5-4-6-11-8;1-2-3-5-8(10)9-6-4-7-11-9;1-6(2)8(9)7-4-3-5-10-7;1-5(7(3)9)6(2)8(4)10;1-4-8(10)5-6(2)7(3)9;1-3-5(7)6(8)4-2;1-3-4(6)5(7)8-2/h4-7H,3H2,1-2H3;4-7,9-10H,3H2,1-2H3;4,6-8,10H,2-3,5H2,1H3;3-6,8-9H,1-2H3;5-6H,1-4H3;5H,4H2,1-3H3;3-4H2,1-2H3;3H2,1-2H3/b8-7+;;;;;6-5+;;. The van der Waals surface area contributed by atoms with Gasteiger partial charge >= 0.3 is 5.97 Å². The van der Waals surface area contributed by atoms with Gasteiger partial charge in [0.25, 0.3) is 0 Å². The Morgan fingerprint density at radius 2 is 0.938 bits per heavy atom. The van der Waals surface area contributed by atoms with Crippen molar-refractivity contribution >= 4 is 58.3 Å². The minimum Gasteiger partial charge on any atom is -0.467 e. The smallest absolute Gasteiger partial charge is 0.374 e. The van der Waals surface area contributed by atoms with Crippen LogP contribution in [0.25, 0.3) is 6.08 Å². The minimum absolute atomic E-state index is 0.00713. The normalized spacial score (nSPS) is 12.7. The SMILES string of the molecule is CC(=O)C(C)C(C)C(C)=O.CC(C)C(O)c1ccco1.CCC(=O)/C(C)=C/c1ccco1.CCC(=O)/C=C(\C)C(C)=O.CCC(=O)C(=O)CC.CCC(=O)C(=O)OC.CCC(C)C(O)c1ccco1.CCCCC(O)c1ccco1. The molecule has 0 aliphatic heterocycles. The fraction of sp³-hybridized carbons (Fsp3) is 0.540. The highest BCUT2D eigenvalue weighted by Crippen LogP contribution is 2.24. The van der Waals surface area contributed by atoms with Crippen molar-refractivity contribution in [2.75, 3.05) is 7.11 Å². The molecule has 0 spiro atoms. The lowest BCUT2D eigenvalue weighted by molar-refractivity contribution is -0.151. The molecule has 6 atom stereocenters. The number of hydrogen-bond acceptors (Lipinski definition) is 17. The van der Waals surface area contributed by atoms with E-state index in [1.807, 2.05) is 33.8 Å². The van der Waals surface area contributed by atoms with E-state index in [1.54, 1.807) is 129 Å². The summed E-state index contributed by atoms with van der Waals surface area (Å²) in [5.41, 5.74) is 1.28. The Morgan fingerprint density at radius 1 is 0.525 bits per heavy atom. The van der Waals surface area contributed by atoms with Gasteiger partial charge in [-0.1, -0.05) is 102 Å². The molecule has 0 aliphatic carbocycles. The molecule has 0 aromatic carbocycles. The molecule has 0 aliphatic rings. The highest BCUT2D eigenvalue weighted by molar-refractivity contribution is 6.37. The number of ether oxygens (including phenoxy) is 1. The maximum absolute atomic E-state index is 11.1. The summed E-state index contributed by atoms with van der Waals surface area (Å²) < 4.78 is 24.3. The quantitative estimate of drug-likeness (QED) is 0.0354. The summed E-state index contributed by atoms with van der Waals surface area (Å²) in [6.07, 6.45) is 14.0. The van der Waals surface area contributed by atoms with Gasteiger partial charge in [-0.2, -0.15) is 0 Å². The number of Topliss-reactive ketones (excluding diaryl/α,β-unsaturated/α-hetero) is 7. The zero-order chi connectivity index (χ0) is 62.5. The van der Waals surface area contributed by atoms with Gasteiger partial charge in [-0.15, -0.1) is 0 Å². The molecule has 0 saturated carbocycles. The Labute approximate surface area is 476 Å². The van der Waals surface area contributed by atoms with E-state index in [-0.39, 0.29) is 70.6 Å². The maximum atomic E-state index is 11.1. The van der Waals surface area contributed by atoms with E-state index >= 15 is 0 Å². The van der Waals surface area contributed by atoms with Crippen LogP contribution in [0.5, 0.6) is 0 Å². The van der Waals surface area contributed by atoms with Crippen molar-refractivity contribution in [2.24, 2.45) is 23.7 Å². The second-order valence-corrected chi connectivity index (χ2v) is 18.7. The van der Waals surface area contributed by atoms with E-state index in [4.69, 9.17) is 17.7 Å². The molecular weight excluding hydrogens is 1030 g/mol. The van der Waals surface area contributed by atoms with Crippen LogP contribution in [-0.2, 0) is 47.9 Å². The van der Waals surface area contributed by atoms with Gasteiger partial charge in [0.2, 0.25) is 5.78 Å². The predicted octanol–water partition coefficient (Wildman–Crippen LogP) is 13.5. The molecule has 0 radical (unpaired) electrons. The van der Waals surface area contributed by atoms with Gasteiger partial charge in [0.1, 0.15) is 52.9 Å². The molecule has 450 valence electrons. The van der Waals surface area contributed by atoms with Gasteiger partial charge in [-0.05, 0) is 125 Å². The van der Waals surface area contributed by atoms with Crippen LogP contribution in [0.1, 0.15) is 217 Å². The zero-order valence-corrected chi connectivity index (χ0v) is 51.0.